The molecule has 2 rings (SSSR count). The summed E-state index contributed by atoms with van der Waals surface area (Å²) in [5.74, 6) is -0.490. The molecule has 4 heteroatoms. The first kappa shape index (κ1) is 18.7. The number of anilines is 1. The van der Waals surface area contributed by atoms with Crippen molar-refractivity contribution in [1.82, 2.24) is 4.90 Å². The fraction of sp³-hybridized carbons (Fsp3) is 0.333. The molecule has 0 saturated heterocycles. The highest BCUT2D eigenvalue weighted by Crippen LogP contribution is 2.29. The summed E-state index contributed by atoms with van der Waals surface area (Å²) in [4.78, 5) is 26.2. The van der Waals surface area contributed by atoms with Crippen LogP contribution in [0.15, 0.2) is 54.6 Å². The van der Waals surface area contributed by atoms with E-state index in [0.717, 1.165) is 16.8 Å². The van der Waals surface area contributed by atoms with E-state index in [1.54, 1.807) is 11.9 Å². The summed E-state index contributed by atoms with van der Waals surface area (Å²) >= 11 is 0. The number of rotatable bonds is 5. The van der Waals surface area contributed by atoms with Gasteiger partial charge >= 0.3 is 0 Å². The van der Waals surface area contributed by atoms with Crippen molar-refractivity contribution < 1.29 is 9.59 Å². The molecule has 2 aromatic rings. The van der Waals surface area contributed by atoms with Crippen LogP contribution in [0.4, 0.5) is 5.69 Å². The predicted molar refractivity (Wildman–Crippen MR) is 101 cm³/mol. The van der Waals surface area contributed by atoms with E-state index in [1.165, 1.54) is 0 Å². The number of nitrogens with one attached hydrogen (secondary N) is 1. The number of hydrogen-bond acceptors (Lipinski definition) is 2. The Balaban J connectivity index is 1.97. The van der Waals surface area contributed by atoms with Crippen molar-refractivity contribution in [3.8, 4) is 0 Å². The molecule has 4 nitrogen and oxygen atoms in total. The zero-order chi connectivity index (χ0) is 18.4. The molecule has 132 valence electrons. The highest BCUT2D eigenvalue weighted by atomic mass is 16.2. The Hall–Kier alpha value is -2.62. The molecule has 0 aromatic heterocycles. The van der Waals surface area contributed by atoms with Gasteiger partial charge in [-0.1, -0.05) is 69.3 Å². The van der Waals surface area contributed by atoms with Crippen LogP contribution >= 0.6 is 0 Å². The van der Waals surface area contributed by atoms with E-state index in [9.17, 15) is 9.59 Å². The summed E-state index contributed by atoms with van der Waals surface area (Å²) in [7, 11) is 1.71. The second kappa shape index (κ2) is 7.97. The Bertz CT molecular complexity index is 733. The maximum absolute atomic E-state index is 12.3. The van der Waals surface area contributed by atoms with Gasteiger partial charge in [0, 0.05) is 19.3 Å². The molecule has 1 N–H and O–H groups in total. The van der Waals surface area contributed by atoms with Gasteiger partial charge in [-0.25, -0.2) is 0 Å². The highest BCUT2D eigenvalue weighted by Gasteiger charge is 2.20. The third-order valence-electron chi connectivity index (χ3n) is 4.01. The van der Waals surface area contributed by atoms with Gasteiger partial charge in [0.15, 0.2) is 0 Å². The van der Waals surface area contributed by atoms with Crippen molar-refractivity contribution in [2.45, 2.75) is 39.2 Å². The molecule has 0 radical (unpaired) electrons. The minimum Gasteiger partial charge on any atom is -0.341 e. The number of carbonyl (C=O) groups excluding carboxylic acids is 2. The first-order chi connectivity index (χ1) is 11.8. The molecule has 25 heavy (non-hydrogen) atoms. The topological polar surface area (TPSA) is 49.4 Å². The van der Waals surface area contributed by atoms with E-state index in [4.69, 9.17) is 0 Å². The Kier molecular flexibility index (Phi) is 5.97. The van der Waals surface area contributed by atoms with E-state index < -0.39 is 0 Å². The normalized spacial score (nSPS) is 11.0. The number of benzene rings is 2. The van der Waals surface area contributed by atoms with Crippen LogP contribution in [-0.4, -0.2) is 23.8 Å². The smallest absolute Gasteiger partial charge is 0.233 e. The van der Waals surface area contributed by atoms with Crippen LogP contribution in [0.3, 0.4) is 0 Å². The molecule has 2 amide bonds. The quantitative estimate of drug-likeness (QED) is 0.839. The molecular formula is C21H26N2O2. The third-order valence-corrected chi connectivity index (χ3v) is 4.01. The monoisotopic (exact) mass is 338 g/mol. The molecule has 0 aliphatic carbocycles. The summed E-state index contributed by atoms with van der Waals surface area (Å²) < 4.78 is 0. The molecule has 0 atom stereocenters. The predicted octanol–water partition coefficient (Wildman–Crippen LogP) is 3.97. The Morgan fingerprint density at radius 2 is 1.56 bits per heavy atom. The average Bonchev–Trinajstić information content (AvgIpc) is 2.55. The molecule has 0 saturated carbocycles. The fourth-order valence-electron chi connectivity index (χ4n) is 2.66. The molecule has 0 bridgehead atoms. The second-order valence-corrected chi connectivity index (χ2v) is 7.26. The molecular weight excluding hydrogens is 312 g/mol. The van der Waals surface area contributed by atoms with Crippen LogP contribution in [0.5, 0.6) is 0 Å². The van der Waals surface area contributed by atoms with Gasteiger partial charge in [0.05, 0.1) is 0 Å². The zero-order valence-electron chi connectivity index (χ0n) is 15.4. The average molecular weight is 338 g/mol. The lowest BCUT2D eigenvalue weighted by Crippen LogP contribution is -2.30. The van der Waals surface area contributed by atoms with Crippen LogP contribution in [0.2, 0.25) is 0 Å². The van der Waals surface area contributed by atoms with Crippen molar-refractivity contribution in [1.29, 1.82) is 0 Å². The van der Waals surface area contributed by atoms with E-state index in [-0.39, 0.29) is 23.7 Å². The van der Waals surface area contributed by atoms with Gasteiger partial charge in [-0.3, -0.25) is 9.59 Å². The summed E-state index contributed by atoms with van der Waals surface area (Å²) in [6, 6.07) is 17.4. The standard InChI is InChI=1S/C21H26N2O2/c1-21(2,3)17-12-8-9-13-18(17)22-19(24)14-20(25)23(4)15-16-10-6-5-7-11-16/h5-13H,14-15H2,1-4H3,(H,22,24). The lowest BCUT2D eigenvalue weighted by atomic mass is 9.86. The van der Waals surface area contributed by atoms with Gasteiger partial charge in [-0.2, -0.15) is 0 Å². The van der Waals surface area contributed by atoms with Crippen LogP contribution in [-0.2, 0) is 21.5 Å². The number of nitrogens with zero attached hydrogens (tertiary/aromatic N) is 1. The van der Waals surface area contributed by atoms with Crippen LogP contribution in [0.25, 0.3) is 0 Å². The van der Waals surface area contributed by atoms with Crippen molar-refractivity contribution in [3.05, 3.63) is 65.7 Å². The summed E-state index contributed by atoms with van der Waals surface area (Å²) in [5, 5.41) is 2.88. The van der Waals surface area contributed by atoms with Gasteiger partial charge in [0.25, 0.3) is 0 Å². The van der Waals surface area contributed by atoms with Crippen LogP contribution in [0.1, 0.15) is 38.3 Å². The first-order valence-electron chi connectivity index (χ1n) is 8.44. The van der Waals surface area contributed by atoms with Gasteiger partial charge in [0.1, 0.15) is 6.42 Å². The largest absolute Gasteiger partial charge is 0.341 e. The van der Waals surface area contributed by atoms with Crippen LogP contribution in [0, 0.1) is 0 Å². The van der Waals surface area contributed by atoms with Gasteiger partial charge in [-0.15, -0.1) is 0 Å². The molecule has 0 aliphatic heterocycles. The second-order valence-electron chi connectivity index (χ2n) is 7.26. The van der Waals surface area contributed by atoms with Crippen molar-refractivity contribution >= 4 is 17.5 Å². The van der Waals surface area contributed by atoms with E-state index >= 15 is 0 Å². The third kappa shape index (κ3) is 5.45. The lowest BCUT2D eigenvalue weighted by molar-refractivity contribution is -0.134. The molecule has 0 spiro atoms. The van der Waals surface area contributed by atoms with Gasteiger partial charge < -0.3 is 10.2 Å². The van der Waals surface area contributed by atoms with E-state index in [2.05, 4.69) is 26.1 Å². The SMILES string of the molecule is CN(Cc1ccccc1)C(=O)CC(=O)Nc1ccccc1C(C)(C)C. The van der Waals surface area contributed by atoms with Crippen molar-refractivity contribution in [2.24, 2.45) is 0 Å². The maximum Gasteiger partial charge on any atom is 0.233 e. The Morgan fingerprint density at radius 1 is 0.960 bits per heavy atom. The summed E-state index contributed by atoms with van der Waals surface area (Å²) in [5.41, 5.74) is 2.77. The van der Waals surface area contributed by atoms with Crippen molar-refractivity contribution in [2.75, 3.05) is 12.4 Å². The van der Waals surface area contributed by atoms with Gasteiger partial charge in [0.2, 0.25) is 11.8 Å². The number of carbonyl (C=O) groups is 2. The lowest BCUT2D eigenvalue weighted by Gasteiger charge is -2.23. The van der Waals surface area contributed by atoms with Crippen molar-refractivity contribution in [3.63, 3.8) is 0 Å². The Morgan fingerprint density at radius 3 is 2.20 bits per heavy atom. The first-order valence-corrected chi connectivity index (χ1v) is 8.44. The molecule has 0 unspecified atom stereocenters. The van der Waals surface area contributed by atoms with E-state index in [0.29, 0.717) is 6.54 Å². The Labute approximate surface area is 149 Å². The maximum atomic E-state index is 12.3. The summed E-state index contributed by atoms with van der Waals surface area (Å²) in [6.07, 6.45) is -0.165. The van der Waals surface area contributed by atoms with Gasteiger partial charge in [-0.05, 0) is 22.6 Å². The number of amides is 2. The zero-order valence-corrected chi connectivity index (χ0v) is 15.4. The highest BCUT2D eigenvalue weighted by molar-refractivity contribution is 6.03. The van der Waals surface area contributed by atoms with E-state index in [1.807, 2.05) is 54.6 Å². The molecule has 0 fully saturated rings. The molecule has 0 aliphatic rings. The summed E-state index contributed by atoms with van der Waals surface area (Å²) in [6.45, 7) is 6.77. The minimum atomic E-state index is -0.290. The molecule has 2 aromatic carbocycles. The van der Waals surface area contributed by atoms with Crippen LogP contribution < -0.4 is 5.32 Å². The minimum absolute atomic E-state index is 0.0853. The molecule has 0 heterocycles. The fourth-order valence-corrected chi connectivity index (χ4v) is 2.66. The number of hydrogen-bond donors (Lipinski definition) is 1. The number of para-hydroxylation sites is 1.